The molecule has 0 aliphatic heterocycles. The summed E-state index contributed by atoms with van der Waals surface area (Å²) in [6.45, 7) is 18.4. The van der Waals surface area contributed by atoms with Crippen molar-refractivity contribution < 1.29 is 28.9 Å². The van der Waals surface area contributed by atoms with Crippen LogP contribution in [0.2, 0.25) is 0 Å². The van der Waals surface area contributed by atoms with Crippen LogP contribution in [0.3, 0.4) is 0 Å². The maximum absolute atomic E-state index is 13.1. The molecule has 1 radical (unpaired) electrons. The molecule has 0 atom stereocenters. The largest absolute Gasteiger partial charge is 0.333 e. The van der Waals surface area contributed by atoms with Crippen molar-refractivity contribution in [3.8, 4) is 16.9 Å². The smallest absolute Gasteiger partial charge is 0.0639 e. The Labute approximate surface area is 301 Å². The minimum absolute atomic E-state index is 0. The summed E-state index contributed by atoms with van der Waals surface area (Å²) in [6, 6.07) is 27.3. The molecule has 7 rings (SSSR count). The van der Waals surface area contributed by atoms with Crippen molar-refractivity contribution in [1.82, 2.24) is 19.2 Å². The van der Waals surface area contributed by atoms with E-state index in [1.54, 1.807) is 12.3 Å². The first-order chi connectivity index (χ1) is 22.7. The molecule has 3 heterocycles. The van der Waals surface area contributed by atoms with Crippen LogP contribution < -0.4 is 0 Å². The van der Waals surface area contributed by atoms with E-state index in [1.165, 1.54) is 55.0 Å². The number of fused-ring (bicyclic) bond motifs is 6. The van der Waals surface area contributed by atoms with Gasteiger partial charge in [0, 0.05) is 61.4 Å². The van der Waals surface area contributed by atoms with Crippen molar-refractivity contribution in [2.24, 2.45) is 10.8 Å². The van der Waals surface area contributed by atoms with Gasteiger partial charge in [-0.05, 0) is 83.0 Å². The van der Waals surface area contributed by atoms with Crippen LogP contribution in [0.25, 0.3) is 44.3 Å². The maximum atomic E-state index is 13.1. The van der Waals surface area contributed by atoms with Crippen molar-refractivity contribution in [2.75, 3.05) is 0 Å². The topological polar surface area (TPSA) is 35.1 Å². The first-order valence-corrected chi connectivity index (χ1v) is 16.4. The summed E-state index contributed by atoms with van der Waals surface area (Å²) in [5.41, 5.74) is 10.6. The van der Waals surface area contributed by atoms with Gasteiger partial charge in [0.2, 0.25) is 0 Å². The maximum Gasteiger partial charge on any atom is 0.0639 e. The Hall–Kier alpha value is -4.19. The fraction of sp³-hybridized carbons (Fsp3) is 0.286. The minimum atomic E-state index is -0.677. The van der Waals surface area contributed by atoms with E-state index < -0.39 is 11.6 Å². The molecule has 0 amide bonds. The molecule has 0 bridgehead atoms. The second-order valence-corrected chi connectivity index (χ2v) is 15.1. The molecular weight excluding hydrogens is 791 g/mol. The second-order valence-electron chi connectivity index (χ2n) is 15.1. The molecule has 0 spiro atoms. The summed E-state index contributed by atoms with van der Waals surface area (Å²) in [4.78, 5) is 4.97. The number of rotatable bonds is 4. The number of hydrogen-bond acceptors (Lipinski definition) is 2. The molecule has 0 N–H and O–H groups in total. The number of hydrogen-bond donors (Lipinski definition) is 0. The van der Waals surface area contributed by atoms with Gasteiger partial charge in [0.15, 0.2) is 0 Å². The molecule has 0 fully saturated rings. The molecule has 49 heavy (non-hydrogen) atoms. The number of aryl methyl sites for hydroxylation is 2. The Balaban J connectivity index is 0.000000280. The number of benzene rings is 4. The predicted molar refractivity (Wildman–Crippen MR) is 193 cm³/mol. The minimum Gasteiger partial charge on any atom is -0.333 e. The molecule has 7 aromatic rings. The molecule has 4 aromatic carbocycles. The van der Waals surface area contributed by atoms with Gasteiger partial charge in [-0.25, -0.2) is 0 Å². The summed E-state index contributed by atoms with van der Waals surface area (Å²) in [7, 11) is 0. The van der Waals surface area contributed by atoms with Crippen molar-refractivity contribution >= 4 is 27.3 Å². The zero-order chi connectivity index (χ0) is 34.4. The van der Waals surface area contributed by atoms with Crippen molar-refractivity contribution in [3.05, 3.63) is 131 Å². The van der Waals surface area contributed by atoms with Gasteiger partial charge in [-0.15, -0.1) is 41.8 Å². The summed E-state index contributed by atoms with van der Waals surface area (Å²) < 4.78 is 29.2. The van der Waals surface area contributed by atoms with E-state index in [0.29, 0.717) is 0 Å². The molecule has 4 nitrogen and oxygen atoms in total. The van der Waals surface area contributed by atoms with Crippen molar-refractivity contribution in [3.63, 3.8) is 0 Å². The molecule has 7 heteroatoms. The van der Waals surface area contributed by atoms with Gasteiger partial charge >= 0.3 is 0 Å². The van der Waals surface area contributed by atoms with E-state index in [2.05, 4.69) is 126 Å². The van der Waals surface area contributed by atoms with Crippen LogP contribution in [0.5, 0.6) is 0 Å². The Morgan fingerprint density at radius 3 is 2.08 bits per heavy atom. The molecule has 0 aliphatic carbocycles. The zero-order valence-electron chi connectivity index (χ0n) is 29.4. The standard InChI is InChI=1S/C33H37N2.C9H5F2N2.Ir/c1-21-12-11-13-22(2)30(21)29-20-34-31-26-15-10-9-14-25(26)27-16-23(18-32(3,4)5)24(19-33(6,7)8)17-28(27)35(29)31;10-7-2-3-9(8(11)6-7)13-5-1-4-12-13;/h9-14,16-17,20H,18-19H2,1-8H3;1-2,4-6H;/q2*-1;. The number of aromatic nitrogens is 4. The number of halogens is 2. The van der Waals surface area contributed by atoms with E-state index in [4.69, 9.17) is 4.98 Å². The molecular formula is C42H42F2IrN4-2. The number of pyridine rings is 1. The molecule has 3 aromatic heterocycles. The van der Waals surface area contributed by atoms with E-state index in [0.717, 1.165) is 41.7 Å². The van der Waals surface area contributed by atoms with Gasteiger partial charge in [-0.1, -0.05) is 71.2 Å². The Morgan fingerprint density at radius 2 is 1.47 bits per heavy atom. The van der Waals surface area contributed by atoms with Crippen LogP contribution in [0, 0.1) is 48.4 Å². The van der Waals surface area contributed by atoms with E-state index in [-0.39, 0.29) is 36.6 Å². The Kier molecular flexibility index (Phi) is 10.3. The monoisotopic (exact) mass is 833 g/mol. The molecule has 0 unspecified atom stereocenters. The van der Waals surface area contributed by atoms with Crippen LogP contribution in [0.1, 0.15) is 63.8 Å². The first kappa shape index (κ1) is 36.1. The molecule has 0 aliphatic rings. The number of imidazole rings is 1. The SMILES string of the molecule is Cc1cccc(C)c1-c1cnc2c3[c-]cccc3c3cc(CC(C)(C)C)c(CC(C)(C)C)cc3n12.Fc1c[c-]c(-n2cccn2)c(F)c1.[Ir]. The average molecular weight is 833 g/mol. The van der Waals surface area contributed by atoms with E-state index in [9.17, 15) is 8.78 Å². The quantitative estimate of drug-likeness (QED) is 0.131. The number of nitrogens with zero attached hydrogens (tertiary/aromatic N) is 4. The summed E-state index contributed by atoms with van der Waals surface area (Å²) in [5.74, 6) is -1.32. The normalized spacial score (nSPS) is 11.9. The van der Waals surface area contributed by atoms with Crippen molar-refractivity contribution in [2.45, 2.75) is 68.2 Å². The fourth-order valence-corrected chi connectivity index (χ4v) is 6.58. The summed E-state index contributed by atoms with van der Waals surface area (Å²) in [6.07, 6.45) is 7.22. The van der Waals surface area contributed by atoms with Crippen molar-refractivity contribution in [1.29, 1.82) is 0 Å². The zero-order valence-corrected chi connectivity index (χ0v) is 31.8. The third kappa shape index (κ3) is 7.69. The fourth-order valence-electron chi connectivity index (χ4n) is 6.58. The van der Waals surface area contributed by atoms with Gasteiger partial charge in [0.05, 0.1) is 11.3 Å². The third-order valence-electron chi connectivity index (χ3n) is 8.44. The van der Waals surface area contributed by atoms with Crippen LogP contribution >= 0.6 is 0 Å². The second kappa shape index (κ2) is 14.0. The Bertz CT molecular complexity index is 2230. The van der Waals surface area contributed by atoms with E-state index in [1.807, 2.05) is 6.07 Å². The van der Waals surface area contributed by atoms with Crippen LogP contribution in [0.15, 0.2) is 85.3 Å². The van der Waals surface area contributed by atoms with Crippen LogP contribution in [-0.2, 0) is 32.9 Å². The van der Waals surface area contributed by atoms with Gasteiger partial charge < -0.3 is 4.40 Å². The molecule has 0 saturated carbocycles. The summed E-state index contributed by atoms with van der Waals surface area (Å²) in [5, 5.41) is 7.40. The first-order valence-electron chi connectivity index (χ1n) is 16.4. The predicted octanol–water partition coefficient (Wildman–Crippen LogP) is 10.9. The Morgan fingerprint density at radius 1 is 0.796 bits per heavy atom. The van der Waals surface area contributed by atoms with Gasteiger partial charge in [-0.2, -0.15) is 11.2 Å². The van der Waals surface area contributed by atoms with Gasteiger partial charge in [-0.3, -0.25) is 18.4 Å². The van der Waals surface area contributed by atoms with Crippen LogP contribution in [-0.4, -0.2) is 19.2 Å². The molecule has 0 saturated heterocycles. The molecule has 255 valence electrons. The van der Waals surface area contributed by atoms with E-state index >= 15 is 0 Å². The van der Waals surface area contributed by atoms with Gasteiger partial charge in [0.1, 0.15) is 0 Å². The average Bonchev–Trinajstić information content (AvgIpc) is 3.68. The summed E-state index contributed by atoms with van der Waals surface area (Å²) >= 11 is 0. The van der Waals surface area contributed by atoms with Gasteiger partial charge in [0.25, 0.3) is 0 Å². The van der Waals surface area contributed by atoms with Crippen LogP contribution in [0.4, 0.5) is 8.78 Å². The third-order valence-corrected chi connectivity index (χ3v) is 8.44.